The lowest BCUT2D eigenvalue weighted by Gasteiger charge is -2.31. The molecule has 74 valence electrons. The van der Waals surface area contributed by atoms with Crippen molar-refractivity contribution in [3.8, 4) is 0 Å². The highest BCUT2D eigenvalue weighted by Gasteiger charge is 2.44. The SMILES string of the molecule is C=C(C)OCC12CCCN1CCC2. The van der Waals surface area contributed by atoms with E-state index in [9.17, 15) is 0 Å². The van der Waals surface area contributed by atoms with Crippen molar-refractivity contribution in [1.29, 1.82) is 0 Å². The average Bonchev–Trinajstić information content (AvgIpc) is 2.57. The molecule has 2 aliphatic heterocycles. The maximum absolute atomic E-state index is 5.59. The van der Waals surface area contributed by atoms with E-state index in [1.54, 1.807) is 0 Å². The van der Waals surface area contributed by atoms with Crippen molar-refractivity contribution in [2.75, 3.05) is 19.7 Å². The van der Waals surface area contributed by atoms with Crippen LogP contribution in [0.4, 0.5) is 0 Å². The van der Waals surface area contributed by atoms with Crippen molar-refractivity contribution in [1.82, 2.24) is 4.90 Å². The van der Waals surface area contributed by atoms with Gasteiger partial charge in [-0.25, -0.2) is 0 Å². The van der Waals surface area contributed by atoms with Gasteiger partial charge in [-0.05, 0) is 45.7 Å². The Morgan fingerprint density at radius 3 is 2.54 bits per heavy atom. The second kappa shape index (κ2) is 3.33. The maximum Gasteiger partial charge on any atom is 0.106 e. The van der Waals surface area contributed by atoms with Crippen LogP contribution in [0.2, 0.25) is 0 Å². The van der Waals surface area contributed by atoms with E-state index in [1.165, 1.54) is 38.8 Å². The third-order valence-corrected chi connectivity index (χ3v) is 3.40. The van der Waals surface area contributed by atoms with Crippen LogP contribution in [-0.2, 0) is 4.74 Å². The van der Waals surface area contributed by atoms with Gasteiger partial charge in [0, 0.05) is 0 Å². The fourth-order valence-corrected chi connectivity index (χ4v) is 2.72. The Bertz CT molecular complexity index is 202. The molecule has 0 bridgehead atoms. The monoisotopic (exact) mass is 181 g/mol. The van der Waals surface area contributed by atoms with Crippen molar-refractivity contribution >= 4 is 0 Å². The van der Waals surface area contributed by atoms with Gasteiger partial charge in [0.25, 0.3) is 0 Å². The average molecular weight is 181 g/mol. The number of ether oxygens (including phenoxy) is 1. The van der Waals surface area contributed by atoms with E-state index in [4.69, 9.17) is 4.74 Å². The Morgan fingerprint density at radius 1 is 1.38 bits per heavy atom. The fourth-order valence-electron chi connectivity index (χ4n) is 2.72. The summed E-state index contributed by atoms with van der Waals surface area (Å²) in [7, 11) is 0. The van der Waals surface area contributed by atoms with Crippen LogP contribution in [0.15, 0.2) is 12.3 Å². The van der Waals surface area contributed by atoms with Gasteiger partial charge < -0.3 is 4.74 Å². The lowest BCUT2D eigenvalue weighted by molar-refractivity contribution is 0.0743. The third kappa shape index (κ3) is 1.60. The van der Waals surface area contributed by atoms with Crippen LogP contribution in [-0.4, -0.2) is 30.1 Å². The van der Waals surface area contributed by atoms with Crippen molar-refractivity contribution in [3.63, 3.8) is 0 Å². The van der Waals surface area contributed by atoms with E-state index in [0.717, 1.165) is 12.4 Å². The number of nitrogens with zero attached hydrogens (tertiary/aromatic N) is 1. The summed E-state index contributed by atoms with van der Waals surface area (Å²) < 4.78 is 5.59. The van der Waals surface area contributed by atoms with E-state index in [-0.39, 0.29) is 0 Å². The molecule has 2 nitrogen and oxygen atoms in total. The molecule has 0 N–H and O–H groups in total. The van der Waals surface area contributed by atoms with Crippen LogP contribution in [0.25, 0.3) is 0 Å². The molecule has 2 rings (SSSR count). The minimum Gasteiger partial charge on any atom is -0.497 e. The molecule has 2 heteroatoms. The molecule has 0 spiro atoms. The molecule has 0 aliphatic carbocycles. The minimum absolute atomic E-state index is 0.388. The van der Waals surface area contributed by atoms with Gasteiger partial charge in [-0.2, -0.15) is 0 Å². The van der Waals surface area contributed by atoms with E-state index < -0.39 is 0 Å². The minimum atomic E-state index is 0.388. The molecule has 0 unspecified atom stereocenters. The summed E-state index contributed by atoms with van der Waals surface area (Å²) in [4.78, 5) is 2.61. The van der Waals surface area contributed by atoms with E-state index in [1.807, 2.05) is 6.92 Å². The molecule has 0 atom stereocenters. The largest absolute Gasteiger partial charge is 0.497 e. The Labute approximate surface area is 80.6 Å². The van der Waals surface area contributed by atoms with Crippen LogP contribution in [0.5, 0.6) is 0 Å². The lowest BCUT2D eigenvalue weighted by Crippen LogP contribution is -2.42. The lowest BCUT2D eigenvalue weighted by atomic mass is 9.95. The summed E-state index contributed by atoms with van der Waals surface area (Å²) in [6.07, 6.45) is 5.33. The summed E-state index contributed by atoms with van der Waals surface area (Å²) in [6, 6.07) is 0. The zero-order chi connectivity index (χ0) is 9.31. The quantitative estimate of drug-likeness (QED) is 0.619. The van der Waals surface area contributed by atoms with Crippen LogP contribution >= 0.6 is 0 Å². The molecule has 2 saturated heterocycles. The van der Waals surface area contributed by atoms with E-state index >= 15 is 0 Å². The van der Waals surface area contributed by atoms with Gasteiger partial charge in [-0.1, -0.05) is 6.58 Å². The first-order valence-electron chi connectivity index (χ1n) is 5.26. The normalized spacial score (nSPS) is 25.9. The second-order valence-corrected chi connectivity index (χ2v) is 4.41. The Morgan fingerprint density at radius 2 is 2.00 bits per heavy atom. The molecular weight excluding hydrogens is 162 g/mol. The first kappa shape index (κ1) is 9.07. The molecule has 0 aromatic carbocycles. The van der Waals surface area contributed by atoms with Gasteiger partial charge in [0.15, 0.2) is 0 Å². The molecule has 0 radical (unpaired) electrons. The first-order chi connectivity index (χ1) is 6.23. The van der Waals surface area contributed by atoms with E-state index in [0.29, 0.717) is 5.54 Å². The van der Waals surface area contributed by atoms with Crippen LogP contribution in [0.3, 0.4) is 0 Å². The second-order valence-electron chi connectivity index (χ2n) is 4.41. The maximum atomic E-state index is 5.59. The number of allylic oxidation sites excluding steroid dienone is 1. The molecular formula is C11H19NO. The summed E-state index contributed by atoms with van der Waals surface area (Å²) in [5, 5.41) is 0. The predicted molar refractivity (Wildman–Crippen MR) is 53.5 cm³/mol. The first-order valence-corrected chi connectivity index (χ1v) is 5.26. The molecule has 0 saturated carbocycles. The standard InChI is InChI=1S/C11H19NO/c1-10(2)13-9-11-5-3-7-12(11)8-4-6-11/h1,3-9H2,2H3. The van der Waals surface area contributed by atoms with Gasteiger partial charge in [0.2, 0.25) is 0 Å². The molecule has 2 heterocycles. The summed E-state index contributed by atoms with van der Waals surface area (Å²) >= 11 is 0. The van der Waals surface area contributed by atoms with Crippen LogP contribution < -0.4 is 0 Å². The van der Waals surface area contributed by atoms with Crippen molar-refractivity contribution in [3.05, 3.63) is 12.3 Å². The molecule has 2 aliphatic rings. The summed E-state index contributed by atoms with van der Waals surface area (Å²) in [5.74, 6) is 0.855. The van der Waals surface area contributed by atoms with Gasteiger partial charge >= 0.3 is 0 Å². The molecule has 2 fully saturated rings. The highest BCUT2D eigenvalue weighted by Crippen LogP contribution is 2.39. The zero-order valence-electron chi connectivity index (χ0n) is 8.51. The number of hydrogen-bond acceptors (Lipinski definition) is 2. The van der Waals surface area contributed by atoms with Gasteiger partial charge in [-0.3, -0.25) is 4.90 Å². The predicted octanol–water partition coefficient (Wildman–Crippen LogP) is 2.17. The number of hydrogen-bond donors (Lipinski definition) is 0. The van der Waals surface area contributed by atoms with Crippen molar-refractivity contribution < 1.29 is 4.74 Å². The topological polar surface area (TPSA) is 12.5 Å². The zero-order valence-corrected chi connectivity index (χ0v) is 8.51. The Balaban J connectivity index is 1.97. The molecule has 0 aromatic rings. The smallest absolute Gasteiger partial charge is 0.106 e. The summed E-state index contributed by atoms with van der Waals surface area (Å²) in [6.45, 7) is 9.14. The van der Waals surface area contributed by atoms with Crippen molar-refractivity contribution in [2.45, 2.75) is 38.1 Å². The van der Waals surface area contributed by atoms with Crippen LogP contribution in [0.1, 0.15) is 32.6 Å². The van der Waals surface area contributed by atoms with E-state index in [2.05, 4.69) is 11.5 Å². The Kier molecular flexibility index (Phi) is 2.33. The fraction of sp³-hybridized carbons (Fsp3) is 0.818. The number of rotatable bonds is 3. The highest BCUT2D eigenvalue weighted by atomic mass is 16.5. The van der Waals surface area contributed by atoms with Crippen LogP contribution in [0, 0.1) is 0 Å². The molecule has 0 amide bonds. The van der Waals surface area contributed by atoms with Gasteiger partial charge in [-0.15, -0.1) is 0 Å². The highest BCUT2D eigenvalue weighted by molar-refractivity contribution is 5.00. The molecule has 13 heavy (non-hydrogen) atoms. The van der Waals surface area contributed by atoms with Crippen molar-refractivity contribution in [2.24, 2.45) is 0 Å². The third-order valence-electron chi connectivity index (χ3n) is 3.40. The van der Waals surface area contributed by atoms with Gasteiger partial charge in [0.1, 0.15) is 6.61 Å². The van der Waals surface area contributed by atoms with Gasteiger partial charge in [0.05, 0.1) is 11.3 Å². The number of fused-ring (bicyclic) bond motifs is 1. The Hall–Kier alpha value is -0.500. The summed E-state index contributed by atoms with van der Waals surface area (Å²) in [5.41, 5.74) is 0.388. The molecule has 0 aromatic heterocycles.